The van der Waals surface area contributed by atoms with Gasteiger partial charge in [0.25, 0.3) is 0 Å². The Kier molecular flexibility index (Phi) is 9.42. The average molecular weight is 201 g/mol. The smallest absolute Gasteiger partial charge is 0.0469 e. The molecule has 0 amide bonds. The standard InChI is InChI=1S/C12H27NO/c1-4-5-12(10-13)7-9-14-8-6-11(2)3/h11-12H,4-10,13H2,1-3H3. The Labute approximate surface area is 89.2 Å². The van der Waals surface area contributed by atoms with Gasteiger partial charge in [-0.05, 0) is 37.6 Å². The first-order valence-electron chi connectivity index (χ1n) is 5.98. The van der Waals surface area contributed by atoms with Crippen molar-refractivity contribution in [3.8, 4) is 0 Å². The van der Waals surface area contributed by atoms with Crippen molar-refractivity contribution in [3.63, 3.8) is 0 Å². The van der Waals surface area contributed by atoms with Crippen molar-refractivity contribution in [2.75, 3.05) is 19.8 Å². The van der Waals surface area contributed by atoms with Crippen LogP contribution in [0.5, 0.6) is 0 Å². The van der Waals surface area contributed by atoms with Crippen LogP contribution in [-0.4, -0.2) is 19.8 Å². The maximum absolute atomic E-state index is 5.67. The Morgan fingerprint density at radius 2 is 1.71 bits per heavy atom. The first-order chi connectivity index (χ1) is 6.70. The maximum atomic E-state index is 5.67. The van der Waals surface area contributed by atoms with Gasteiger partial charge >= 0.3 is 0 Å². The fourth-order valence-electron chi connectivity index (χ4n) is 1.46. The second kappa shape index (κ2) is 9.47. The van der Waals surface area contributed by atoms with Crippen LogP contribution < -0.4 is 5.73 Å². The molecule has 0 saturated carbocycles. The number of hydrogen-bond acceptors (Lipinski definition) is 2. The molecule has 0 aromatic heterocycles. The number of rotatable bonds is 9. The molecule has 0 saturated heterocycles. The van der Waals surface area contributed by atoms with Gasteiger partial charge < -0.3 is 10.5 Å². The normalized spacial score (nSPS) is 13.5. The molecule has 0 fully saturated rings. The third-order valence-corrected chi connectivity index (χ3v) is 2.54. The van der Waals surface area contributed by atoms with Crippen LogP contribution in [0.15, 0.2) is 0 Å². The minimum absolute atomic E-state index is 0.666. The Balaban J connectivity index is 3.24. The third kappa shape index (κ3) is 8.52. The lowest BCUT2D eigenvalue weighted by molar-refractivity contribution is 0.110. The molecule has 0 bridgehead atoms. The first kappa shape index (κ1) is 13.9. The van der Waals surface area contributed by atoms with E-state index >= 15 is 0 Å². The summed E-state index contributed by atoms with van der Waals surface area (Å²) in [5.74, 6) is 1.41. The maximum Gasteiger partial charge on any atom is 0.0469 e. The average Bonchev–Trinajstić information content (AvgIpc) is 2.15. The predicted molar refractivity (Wildman–Crippen MR) is 62.3 cm³/mol. The van der Waals surface area contributed by atoms with E-state index in [0.717, 1.165) is 32.1 Å². The molecule has 0 heterocycles. The zero-order valence-electron chi connectivity index (χ0n) is 10.1. The van der Waals surface area contributed by atoms with Crippen molar-refractivity contribution in [2.45, 2.75) is 46.5 Å². The van der Waals surface area contributed by atoms with Crippen molar-refractivity contribution in [2.24, 2.45) is 17.6 Å². The minimum atomic E-state index is 0.666. The van der Waals surface area contributed by atoms with E-state index in [2.05, 4.69) is 20.8 Å². The fourth-order valence-corrected chi connectivity index (χ4v) is 1.46. The summed E-state index contributed by atoms with van der Waals surface area (Å²) in [7, 11) is 0. The van der Waals surface area contributed by atoms with Gasteiger partial charge in [-0.25, -0.2) is 0 Å². The molecule has 0 radical (unpaired) electrons. The van der Waals surface area contributed by atoms with Gasteiger partial charge in [-0.2, -0.15) is 0 Å². The summed E-state index contributed by atoms with van der Waals surface area (Å²) in [6, 6.07) is 0. The molecule has 0 spiro atoms. The zero-order valence-corrected chi connectivity index (χ0v) is 10.1. The van der Waals surface area contributed by atoms with Gasteiger partial charge in [-0.3, -0.25) is 0 Å². The fraction of sp³-hybridized carbons (Fsp3) is 1.00. The van der Waals surface area contributed by atoms with E-state index in [1.165, 1.54) is 19.3 Å². The molecule has 2 heteroatoms. The summed E-state index contributed by atoms with van der Waals surface area (Å²) < 4.78 is 5.57. The van der Waals surface area contributed by atoms with Crippen molar-refractivity contribution in [3.05, 3.63) is 0 Å². The van der Waals surface area contributed by atoms with Crippen LogP contribution in [-0.2, 0) is 4.74 Å². The summed E-state index contributed by atoms with van der Waals surface area (Å²) in [5.41, 5.74) is 5.67. The van der Waals surface area contributed by atoms with Crippen LogP contribution in [0.4, 0.5) is 0 Å². The van der Waals surface area contributed by atoms with Crippen molar-refractivity contribution >= 4 is 0 Å². The van der Waals surface area contributed by atoms with Crippen LogP contribution in [0.1, 0.15) is 46.5 Å². The molecule has 0 rings (SSSR count). The lowest BCUT2D eigenvalue weighted by Gasteiger charge is -2.13. The van der Waals surface area contributed by atoms with Crippen LogP contribution in [0.25, 0.3) is 0 Å². The highest BCUT2D eigenvalue weighted by Crippen LogP contribution is 2.09. The first-order valence-corrected chi connectivity index (χ1v) is 5.98. The summed E-state index contributed by atoms with van der Waals surface area (Å²) >= 11 is 0. The van der Waals surface area contributed by atoms with Gasteiger partial charge in [0, 0.05) is 13.2 Å². The van der Waals surface area contributed by atoms with E-state index in [0.29, 0.717) is 5.92 Å². The SMILES string of the molecule is CCCC(CN)CCOCCC(C)C. The van der Waals surface area contributed by atoms with Gasteiger partial charge in [-0.15, -0.1) is 0 Å². The van der Waals surface area contributed by atoms with Crippen LogP contribution in [0, 0.1) is 11.8 Å². The molecule has 0 aliphatic carbocycles. The third-order valence-electron chi connectivity index (χ3n) is 2.54. The predicted octanol–water partition coefficient (Wildman–Crippen LogP) is 2.81. The molecule has 0 aliphatic rings. The molecule has 2 N–H and O–H groups in total. The van der Waals surface area contributed by atoms with Crippen LogP contribution >= 0.6 is 0 Å². The van der Waals surface area contributed by atoms with Gasteiger partial charge in [0.1, 0.15) is 0 Å². The Morgan fingerprint density at radius 1 is 1.07 bits per heavy atom. The van der Waals surface area contributed by atoms with Gasteiger partial charge in [0.15, 0.2) is 0 Å². The molecular formula is C12H27NO. The highest BCUT2D eigenvalue weighted by atomic mass is 16.5. The minimum Gasteiger partial charge on any atom is -0.381 e. The summed E-state index contributed by atoms with van der Waals surface area (Å²) in [5, 5.41) is 0. The highest BCUT2D eigenvalue weighted by Gasteiger charge is 2.04. The zero-order chi connectivity index (χ0) is 10.8. The second-order valence-corrected chi connectivity index (χ2v) is 4.47. The van der Waals surface area contributed by atoms with Crippen molar-refractivity contribution in [1.29, 1.82) is 0 Å². The van der Waals surface area contributed by atoms with Gasteiger partial charge in [-0.1, -0.05) is 27.2 Å². The topological polar surface area (TPSA) is 35.2 Å². The number of hydrogen-bond donors (Lipinski definition) is 1. The van der Waals surface area contributed by atoms with E-state index in [4.69, 9.17) is 10.5 Å². The van der Waals surface area contributed by atoms with Crippen molar-refractivity contribution < 1.29 is 4.74 Å². The lowest BCUT2D eigenvalue weighted by Crippen LogP contribution is -2.16. The molecule has 86 valence electrons. The molecule has 1 atom stereocenters. The van der Waals surface area contributed by atoms with Gasteiger partial charge in [0.2, 0.25) is 0 Å². The van der Waals surface area contributed by atoms with Gasteiger partial charge in [0.05, 0.1) is 0 Å². The Hall–Kier alpha value is -0.0800. The number of nitrogens with two attached hydrogens (primary N) is 1. The quantitative estimate of drug-likeness (QED) is 0.582. The Morgan fingerprint density at radius 3 is 2.21 bits per heavy atom. The van der Waals surface area contributed by atoms with Crippen LogP contribution in [0.3, 0.4) is 0 Å². The van der Waals surface area contributed by atoms with E-state index < -0.39 is 0 Å². The Bertz CT molecular complexity index is 115. The molecule has 2 nitrogen and oxygen atoms in total. The molecule has 1 unspecified atom stereocenters. The summed E-state index contributed by atoms with van der Waals surface area (Å²) in [6.07, 6.45) is 4.77. The van der Waals surface area contributed by atoms with E-state index in [1.54, 1.807) is 0 Å². The number of ether oxygens (including phenoxy) is 1. The monoisotopic (exact) mass is 201 g/mol. The lowest BCUT2D eigenvalue weighted by atomic mass is 10.0. The highest BCUT2D eigenvalue weighted by molar-refractivity contribution is 4.58. The van der Waals surface area contributed by atoms with Crippen LogP contribution in [0.2, 0.25) is 0 Å². The molecule has 14 heavy (non-hydrogen) atoms. The summed E-state index contributed by atoms with van der Waals surface area (Å²) in [4.78, 5) is 0. The summed E-state index contributed by atoms with van der Waals surface area (Å²) in [6.45, 7) is 9.26. The van der Waals surface area contributed by atoms with Crippen molar-refractivity contribution in [1.82, 2.24) is 0 Å². The molecule has 0 aromatic rings. The molecular weight excluding hydrogens is 174 g/mol. The largest absolute Gasteiger partial charge is 0.381 e. The van der Waals surface area contributed by atoms with E-state index in [-0.39, 0.29) is 0 Å². The van der Waals surface area contributed by atoms with E-state index in [1.807, 2.05) is 0 Å². The molecule has 0 aromatic carbocycles. The second-order valence-electron chi connectivity index (χ2n) is 4.47. The van der Waals surface area contributed by atoms with E-state index in [9.17, 15) is 0 Å². The molecule has 0 aliphatic heterocycles.